The van der Waals surface area contributed by atoms with Gasteiger partial charge in [-0.05, 0) is 59.2 Å². The molecule has 2 heterocycles. The number of hydrogen-bond donors (Lipinski definition) is 3. The quantitative estimate of drug-likeness (QED) is 0.518. The number of nitrogens with one attached hydrogen (secondary N) is 3. The third-order valence-electron chi connectivity index (χ3n) is 4.28. The molecule has 0 aromatic carbocycles. The van der Waals surface area contributed by atoms with Gasteiger partial charge in [0.25, 0.3) is 11.8 Å². The highest BCUT2D eigenvalue weighted by atomic mass is 79.9. The number of hydrogen-bond acceptors (Lipinski definition) is 4. The van der Waals surface area contributed by atoms with E-state index < -0.39 is 5.91 Å². The topological polar surface area (TPSA) is 86.9 Å². The number of carbonyl (C=O) groups is 2. The molecule has 0 spiro atoms. The number of aromatic nitrogens is 2. The minimum atomic E-state index is -0.457. The molecule has 2 aromatic heterocycles. The van der Waals surface area contributed by atoms with Crippen molar-refractivity contribution in [3.8, 4) is 0 Å². The Labute approximate surface area is 158 Å². The lowest BCUT2D eigenvalue weighted by Crippen LogP contribution is -2.41. The van der Waals surface area contributed by atoms with Gasteiger partial charge in [-0.15, -0.1) is 11.3 Å². The fraction of sp³-hybridized carbons (Fsp3) is 0.471. The van der Waals surface area contributed by atoms with Crippen LogP contribution in [0, 0.1) is 0 Å². The molecule has 2 aromatic rings. The molecule has 3 N–H and O–H groups in total. The van der Waals surface area contributed by atoms with Crippen LogP contribution in [0.1, 0.15) is 75.3 Å². The van der Waals surface area contributed by atoms with Gasteiger partial charge >= 0.3 is 0 Å². The Bertz CT molecular complexity index is 773. The van der Waals surface area contributed by atoms with Gasteiger partial charge < -0.3 is 0 Å². The molecule has 0 atom stereocenters. The highest BCUT2D eigenvalue weighted by Gasteiger charge is 2.21. The van der Waals surface area contributed by atoms with Crippen LogP contribution >= 0.6 is 27.3 Å². The van der Waals surface area contributed by atoms with Crippen molar-refractivity contribution in [3.05, 3.63) is 37.2 Å². The van der Waals surface area contributed by atoms with Gasteiger partial charge in [0, 0.05) is 4.88 Å². The van der Waals surface area contributed by atoms with Crippen LogP contribution in [-0.2, 0) is 12.8 Å². The van der Waals surface area contributed by atoms with E-state index in [2.05, 4.69) is 37.0 Å². The van der Waals surface area contributed by atoms with E-state index in [4.69, 9.17) is 0 Å². The van der Waals surface area contributed by atoms with E-state index in [1.165, 1.54) is 41.0 Å². The highest BCUT2D eigenvalue weighted by Crippen LogP contribution is 2.29. The van der Waals surface area contributed by atoms with Crippen LogP contribution in [-0.4, -0.2) is 22.0 Å². The van der Waals surface area contributed by atoms with Crippen LogP contribution in [0.2, 0.25) is 0 Å². The van der Waals surface area contributed by atoms with Crippen LogP contribution in [0.25, 0.3) is 0 Å². The number of rotatable bonds is 3. The third kappa shape index (κ3) is 3.95. The smallest absolute Gasteiger partial charge is 0.280 e. The van der Waals surface area contributed by atoms with E-state index in [1.807, 2.05) is 19.9 Å². The Kier molecular flexibility index (Phi) is 5.58. The molecule has 3 rings (SSSR count). The Morgan fingerprint density at radius 1 is 1.20 bits per heavy atom. The molecular formula is C17H21BrN4O2S. The molecule has 0 fully saturated rings. The van der Waals surface area contributed by atoms with E-state index in [1.54, 1.807) is 0 Å². The zero-order chi connectivity index (χ0) is 18.0. The molecular weight excluding hydrogens is 404 g/mol. The van der Waals surface area contributed by atoms with Gasteiger partial charge in [0.2, 0.25) is 0 Å². The van der Waals surface area contributed by atoms with Crippen molar-refractivity contribution in [3.63, 3.8) is 0 Å². The van der Waals surface area contributed by atoms with Crippen molar-refractivity contribution in [1.82, 2.24) is 21.0 Å². The van der Waals surface area contributed by atoms with E-state index in [0.29, 0.717) is 9.35 Å². The zero-order valence-corrected chi connectivity index (χ0v) is 16.6. The summed E-state index contributed by atoms with van der Waals surface area (Å²) < 4.78 is 0.622. The van der Waals surface area contributed by atoms with Crippen molar-refractivity contribution < 1.29 is 9.59 Å². The number of hydrazine groups is 1. The van der Waals surface area contributed by atoms with Gasteiger partial charge in [0.05, 0.1) is 15.0 Å². The molecule has 0 saturated heterocycles. The lowest BCUT2D eigenvalue weighted by Gasteiger charge is -2.05. The maximum Gasteiger partial charge on any atom is 0.291 e. The van der Waals surface area contributed by atoms with Crippen molar-refractivity contribution >= 4 is 39.1 Å². The molecule has 0 aliphatic heterocycles. The number of H-pyrrole nitrogens is 1. The van der Waals surface area contributed by atoms with Gasteiger partial charge in [-0.2, -0.15) is 5.10 Å². The first-order chi connectivity index (χ1) is 12.0. The second-order valence-electron chi connectivity index (χ2n) is 6.48. The van der Waals surface area contributed by atoms with E-state index in [0.717, 1.165) is 18.5 Å². The predicted octanol–water partition coefficient (Wildman–Crippen LogP) is 3.70. The van der Waals surface area contributed by atoms with E-state index in [9.17, 15) is 9.59 Å². The van der Waals surface area contributed by atoms with Gasteiger partial charge in [-0.25, -0.2) is 0 Å². The molecule has 8 heteroatoms. The number of aryl methyl sites for hydroxylation is 2. The highest BCUT2D eigenvalue weighted by molar-refractivity contribution is 9.10. The number of thiophene rings is 1. The van der Waals surface area contributed by atoms with Gasteiger partial charge in [0.1, 0.15) is 0 Å². The number of carbonyl (C=O) groups excluding carboxylic acids is 2. The van der Waals surface area contributed by atoms with Crippen LogP contribution in [0.3, 0.4) is 0 Å². The molecule has 25 heavy (non-hydrogen) atoms. The fourth-order valence-corrected chi connectivity index (χ4v) is 4.85. The van der Waals surface area contributed by atoms with Crippen LogP contribution in [0.5, 0.6) is 0 Å². The Balaban J connectivity index is 1.63. The van der Waals surface area contributed by atoms with Gasteiger partial charge in [-0.1, -0.05) is 20.3 Å². The summed E-state index contributed by atoms with van der Waals surface area (Å²) in [4.78, 5) is 26.5. The van der Waals surface area contributed by atoms with Crippen LogP contribution in [0.15, 0.2) is 10.5 Å². The maximum absolute atomic E-state index is 12.3. The summed E-state index contributed by atoms with van der Waals surface area (Å²) >= 11 is 4.91. The van der Waals surface area contributed by atoms with Crippen molar-refractivity contribution in [1.29, 1.82) is 0 Å². The molecule has 2 amide bonds. The number of fused-ring (bicyclic) bond motifs is 1. The number of nitrogens with zero attached hydrogens (tertiary/aromatic N) is 1. The number of aromatic amines is 1. The SMILES string of the molecule is CC(C)c1[nH]nc(C(=O)NNC(=O)c2cc3c(s2)CCCCC3)c1Br. The Morgan fingerprint density at radius 2 is 1.92 bits per heavy atom. The van der Waals surface area contributed by atoms with Crippen molar-refractivity contribution in [2.45, 2.75) is 51.9 Å². The zero-order valence-electron chi connectivity index (χ0n) is 14.2. The first kappa shape index (κ1) is 18.1. The van der Waals surface area contributed by atoms with Gasteiger partial charge in [-0.3, -0.25) is 25.5 Å². The second kappa shape index (κ2) is 7.70. The monoisotopic (exact) mass is 424 g/mol. The predicted molar refractivity (Wildman–Crippen MR) is 101 cm³/mol. The summed E-state index contributed by atoms with van der Waals surface area (Å²) in [7, 11) is 0. The summed E-state index contributed by atoms with van der Waals surface area (Å²) in [6.45, 7) is 4.01. The molecule has 0 unspecified atom stereocenters. The fourth-order valence-electron chi connectivity index (χ4n) is 2.89. The summed E-state index contributed by atoms with van der Waals surface area (Å²) in [5, 5.41) is 6.86. The minimum Gasteiger partial charge on any atom is -0.280 e. The van der Waals surface area contributed by atoms with Gasteiger partial charge in [0.15, 0.2) is 5.69 Å². The summed E-state index contributed by atoms with van der Waals surface area (Å²) in [5.74, 6) is -0.539. The number of halogens is 1. The second-order valence-corrected chi connectivity index (χ2v) is 8.41. The summed E-state index contributed by atoms with van der Waals surface area (Å²) in [6, 6.07) is 1.95. The standard InChI is InChI=1S/C17H21BrN4O2S/c1-9(2)14-13(18)15(20-19-14)17(24)22-21-16(23)12-8-10-6-4-3-5-7-11(10)25-12/h8-9H,3-7H2,1-2H3,(H,19,20)(H,21,23)(H,22,24). The lowest BCUT2D eigenvalue weighted by molar-refractivity contribution is 0.0845. The van der Waals surface area contributed by atoms with Crippen LogP contribution < -0.4 is 10.9 Å². The first-order valence-corrected chi connectivity index (χ1v) is 10.0. The molecule has 0 bridgehead atoms. The summed E-state index contributed by atoms with van der Waals surface area (Å²) in [5.41, 5.74) is 7.27. The number of amides is 2. The molecule has 1 aliphatic rings. The van der Waals surface area contributed by atoms with E-state index >= 15 is 0 Å². The molecule has 1 aliphatic carbocycles. The first-order valence-electron chi connectivity index (χ1n) is 8.43. The van der Waals surface area contributed by atoms with Crippen molar-refractivity contribution in [2.24, 2.45) is 0 Å². The molecule has 6 nitrogen and oxygen atoms in total. The Hall–Kier alpha value is -1.67. The normalized spacial score (nSPS) is 14.1. The van der Waals surface area contributed by atoms with Crippen molar-refractivity contribution in [2.75, 3.05) is 0 Å². The van der Waals surface area contributed by atoms with E-state index in [-0.39, 0.29) is 17.5 Å². The largest absolute Gasteiger partial charge is 0.291 e. The third-order valence-corrected chi connectivity index (χ3v) is 6.32. The molecule has 0 saturated carbocycles. The maximum atomic E-state index is 12.3. The Morgan fingerprint density at radius 3 is 2.64 bits per heavy atom. The molecule has 134 valence electrons. The lowest BCUT2D eigenvalue weighted by atomic mass is 10.1. The van der Waals surface area contributed by atoms with Crippen LogP contribution in [0.4, 0.5) is 0 Å². The average Bonchev–Trinajstić information content (AvgIpc) is 3.10. The summed E-state index contributed by atoms with van der Waals surface area (Å²) in [6.07, 6.45) is 5.67. The average molecular weight is 425 g/mol. The molecule has 0 radical (unpaired) electrons. The minimum absolute atomic E-state index is 0.208.